The Morgan fingerprint density at radius 3 is 2.81 bits per heavy atom. The highest BCUT2D eigenvalue weighted by Crippen LogP contribution is 2.20. The van der Waals surface area contributed by atoms with Crippen molar-refractivity contribution in [1.29, 1.82) is 0 Å². The Balaban J connectivity index is 1.96. The molecule has 1 fully saturated rings. The van der Waals surface area contributed by atoms with E-state index in [4.69, 9.17) is 0 Å². The standard InChI is InChI=1S/C12H13FN2O5S/c13-21(18,19)20-10-3-1-2-9(6-10)14-7-8-4-5-11(16)15-12(8)17/h1-3,6,8,14H,4-5,7H2,(H,15,16,17). The van der Waals surface area contributed by atoms with Crippen molar-refractivity contribution in [3.8, 4) is 5.75 Å². The van der Waals surface area contributed by atoms with Gasteiger partial charge in [0.2, 0.25) is 11.8 Å². The summed E-state index contributed by atoms with van der Waals surface area (Å²) < 4.78 is 37.3. The molecule has 1 saturated heterocycles. The number of rotatable bonds is 5. The van der Waals surface area contributed by atoms with Crippen LogP contribution in [0.25, 0.3) is 0 Å². The average Bonchev–Trinajstić information content (AvgIpc) is 2.36. The molecule has 2 amide bonds. The predicted molar refractivity (Wildman–Crippen MR) is 71.5 cm³/mol. The van der Waals surface area contributed by atoms with E-state index >= 15 is 0 Å². The molecule has 1 unspecified atom stereocenters. The second-order valence-corrected chi connectivity index (χ2v) is 5.49. The largest absolute Gasteiger partial charge is 0.488 e. The van der Waals surface area contributed by atoms with Crippen molar-refractivity contribution in [2.45, 2.75) is 12.8 Å². The molecule has 1 aromatic rings. The third-order valence-corrected chi connectivity index (χ3v) is 3.33. The zero-order valence-corrected chi connectivity index (χ0v) is 11.7. The van der Waals surface area contributed by atoms with Crippen LogP contribution in [0.4, 0.5) is 9.57 Å². The predicted octanol–water partition coefficient (Wildman–Crippen LogP) is 0.744. The summed E-state index contributed by atoms with van der Waals surface area (Å²) in [5.41, 5.74) is 0.473. The number of carbonyl (C=O) groups is 2. The Bertz CT molecular complexity index is 661. The summed E-state index contributed by atoms with van der Waals surface area (Å²) in [6.07, 6.45) is 0.716. The highest BCUT2D eigenvalue weighted by Gasteiger charge is 2.26. The maximum atomic E-state index is 12.4. The normalized spacial score (nSPS) is 19.0. The van der Waals surface area contributed by atoms with Crippen molar-refractivity contribution in [2.75, 3.05) is 11.9 Å². The number of halogens is 1. The van der Waals surface area contributed by atoms with Crippen LogP contribution in [0.1, 0.15) is 12.8 Å². The fourth-order valence-electron chi connectivity index (χ4n) is 1.95. The summed E-state index contributed by atoms with van der Waals surface area (Å²) >= 11 is 0. The number of piperidine rings is 1. The molecule has 7 nitrogen and oxygen atoms in total. The number of anilines is 1. The molecule has 1 atom stereocenters. The van der Waals surface area contributed by atoms with Gasteiger partial charge in [-0.15, -0.1) is 0 Å². The summed E-state index contributed by atoms with van der Waals surface area (Å²) in [6, 6.07) is 5.67. The highest BCUT2D eigenvalue weighted by atomic mass is 32.3. The Morgan fingerprint density at radius 2 is 2.14 bits per heavy atom. The molecule has 1 heterocycles. The minimum absolute atomic E-state index is 0.175. The number of amides is 2. The molecule has 2 N–H and O–H groups in total. The molecule has 1 aromatic carbocycles. The number of nitrogens with one attached hydrogen (secondary N) is 2. The van der Waals surface area contributed by atoms with Gasteiger partial charge < -0.3 is 9.50 Å². The van der Waals surface area contributed by atoms with Gasteiger partial charge in [0.1, 0.15) is 5.75 Å². The molecule has 2 rings (SSSR count). The summed E-state index contributed by atoms with van der Waals surface area (Å²) in [5, 5.41) is 5.15. The van der Waals surface area contributed by atoms with Gasteiger partial charge in [-0.05, 0) is 18.6 Å². The Labute approximate surface area is 120 Å². The lowest BCUT2D eigenvalue weighted by atomic mass is 9.98. The number of carbonyl (C=O) groups excluding carboxylic acids is 2. The van der Waals surface area contributed by atoms with Crippen molar-refractivity contribution in [1.82, 2.24) is 5.32 Å². The lowest BCUT2D eigenvalue weighted by Gasteiger charge is -2.21. The molecule has 0 radical (unpaired) electrons. The number of hydrogen-bond donors (Lipinski definition) is 2. The average molecular weight is 316 g/mol. The molecule has 9 heteroatoms. The van der Waals surface area contributed by atoms with Crippen LogP contribution >= 0.6 is 0 Å². The third-order valence-electron chi connectivity index (χ3n) is 2.94. The second-order valence-electron chi connectivity index (χ2n) is 4.53. The maximum absolute atomic E-state index is 12.4. The third kappa shape index (κ3) is 4.71. The molecule has 1 aliphatic heterocycles. The molecule has 0 saturated carbocycles. The Hall–Kier alpha value is -2.16. The van der Waals surface area contributed by atoms with Crippen LogP contribution in [-0.4, -0.2) is 26.8 Å². The zero-order valence-electron chi connectivity index (χ0n) is 10.8. The van der Waals surface area contributed by atoms with Gasteiger partial charge in [-0.2, -0.15) is 8.42 Å². The molecule has 114 valence electrons. The lowest BCUT2D eigenvalue weighted by molar-refractivity contribution is -0.135. The van der Waals surface area contributed by atoms with E-state index in [1.807, 2.05) is 0 Å². The van der Waals surface area contributed by atoms with Gasteiger partial charge >= 0.3 is 10.5 Å². The summed E-state index contributed by atoms with van der Waals surface area (Å²) in [5.74, 6) is -1.18. The zero-order chi connectivity index (χ0) is 15.5. The fourth-order valence-corrected chi connectivity index (χ4v) is 2.28. The first kappa shape index (κ1) is 15.2. The van der Waals surface area contributed by atoms with Gasteiger partial charge in [-0.3, -0.25) is 14.9 Å². The van der Waals surface area contributed by atoms with Crippen LogP contribution in [0, 0.1) is 5.92 Å². The quantitative estimate of drug-likeness (QED) is 0.614. The molecule has 0 aliphatic carbocycles. The van der Waals surface area contributed by atoms with E-state index in [1.54, 1.807) is 6.07 Å². The van der Waals surface area contributed by atoms with Crippen LogP contribution in [0.15, 0.2) is 24.3 Å². The Kier molecular flexibility index (Phi) is 4.41. The van der Waals surface area contributed by atoms with Gasteiger partial charge in [0.05, 0.1) is 5.92 Å². The smallest absolute Gasteiger partial charge is 0.384 e. The van der Waals surface area contributed by atoms with E-state index < -0.39 is 10.5 Å². The summed E-state index contributed by atoms with van der Waals surface area (Å²) in [6.45, 7) is 0.269. The van der Waals surface area contributed by atoms with Gasteiger partial charge in [0, 0.05) is 24.7 Å². The van der Waals surface area contributed by atoms with E-state index in [0.29, 0.717) is 12.1 Å². The molecular formula is C12H13FN2O5S. The Morgan fingerprint density at radius 1 is 1.38 bits per heavy atom. The fraction of sp³-hybridized carbons (Fsp3) is 0.333. The van der Waals surface area contributed by atoms with Crippen LogP contribution in [-0.2, 0) is 20.1 Å². The minimum Gasteiger partial charge on any atom is -0.384 e. The van der Waals surface area contributed by atoms with Gasteiger partial charge in [0.15, 0.2) is 0 Å². The van der Waals surface area contributed by atoms with Crippen LogP contribution in [0.2, 0.25) is 0 Å². The summed E-state index contributed by atoms with van der Waals surface area (Å²) in [7, 11) is -5.07. The number of hydrogen-bond acceptors (Lipinski definition) is 6. The van der Waals surface area contributed by atoms with Gasteiger partial charge in [-0.25, -0.2) is 0 Å². The SMILES string of the molecule is O=C1CCC(CNc2cccc(OS(=O)(=O)F)c2)C(=O)N1. The van der Waals surface area contributed by atoms with Crippen molar-refractivity contribution < 1.29 is 26.1 Å². The number of imide groups is 1. The monoisotopic (exact) mass is 316 g/mol. The van der Waals surface area contributed by atoms with Crippen LogP contribution in [0.3, 0.4) is 0 Å². The molecule has 0 bridgehead atoms. The van der Waals surface area contributed by atoms with Crippen molar-refractivity contribution in [3.05, 3.63) is 24.3 Å². The summed E-state index contributed by atoms with van der Waals surface area (Å²) in [4.78, 5) is 22.6. The van der Waals surface area contributed by atoms with E-state index in [0.717, 1.165) is 0 Å². The van der Waals surface area contributed by atoms with E-state index in [2.05, 4.69) is 14.8 Å². The van der Waals surface area contributed by atoms with Crippen LogP contribution in [0.5, 0.6) is 5.75 Å². The van der Waals surface area contributed by atoms with Gasteiger partial charge in [-0.1, -0.05) is 9.95 Å². The lowest BCUT2D eigenvalue weighted by Crippen LogP contribution is -2.43. The van der Waals surface area contributed by atoms with E-state index in [9.17, 15) is 21.9 Å². The number of benzene rings is 1. The minimum atomic E-state index is -5.07. The maximum Gasteiger partial charge on any atom is 0.488 e. The molecular weight excluding hydrogens is 303 g/mol. The second kappa shape index (κ2) is 6.08. The molecule has 0 spiro atoms. The van der Waals surface area contributed by atoms with E-state index in [-0.39, 0.29) is 36.4 Å². The van der Waals surface area contributed by atoms with Crippen molar-refractivity contribution >= 4 is 28.0 Å². The van der Waals surface area contributed by atoms with Crippen molar-refractivity contribution in [2.24, 2.45) is 5.92 Å². The topological polar surface area (TPSA) is 102 Å². The molecule has 1 aliphatic rings. The van der Waals surface area contributed by atoms with Crippen molar-refractivity contribution in [3.63, 3.8) is 0 Å². The first-order valence-corrected chi connectivity index (χ1v) is 7.46. The highest BCUT2D eigenvalue weighted by molar-refractivity contribution is 7.81. The first-order chi connectivity index (χ1) is 9.83. The van der Waals surface area contributed by atoms with Gasteiger partial charge in [0.25, 0.3) is 0 Å². The first-order valence-electron chi connectivity index (χ1n) is 6.15. The molecule has 0 aromatic heterocycles. The molecule has 21 heavy (non-hydrogen) atoms. The van der Waals surface area contributed by atoms with Crippen LogP contribution < -0.4 is 14.8 Å². The van der Waals surface area contributed by atoms with E-state index in [1.165, 1.54) is 18.2 Å².